The van der Waals surface area contributed by atoms with E-state index >= 15 is 0 Å². The van der Waals surface area contributed by atoms with E-state index < -0.39 is 0 Å². The van der Waals surface area contributed by atoms with Gasteiger partial charge in [0.15, 0.2) is 5.82 Å². The van der Waals surface area contributed by atoms with E-state index in [0.29, 0.717) is 12.5 Å². The van der Waals surface area contributed by atoms with Crippen molar-refractivity contribution in [3.8, 4) is 0 Å². The van der Waals surface area contributed by atoms with E-state index in [4.69, 9.17) is 10.5 Å². The lowest BCUT2D eigenvalue weighted by Crippen LogP contribution is -2.44. The third-order valence-electron chi connectivity index (χ3n) is 3.44. The maximum atomic E-state index is 5.69. The summed E-state index contributed by atoms with van der Waals surface area (Å²) < 4.78 is 5.51. The molecule has 0 spiro atoms. The number of rotatable bonds is 3. The molecule has 0 bridgehead atoms. The van der Waals surface area contributed by atoms with Crippen molar-refractivity contribution in [3.63, 3.8) is 0 Å². The van der Waals surface area contributed by atoms with Gasteiger partial charge in [-0.05, 0) is 12.3 Å². The molecule has 1 aromatic heterocycles. The fourth-order valence-electron chi connectivity index (χ4n) is 2.30. The Morgan fingerprint density at radius 2 is 2.24 bits per heavy atom. The molecule has 0 radical (unpaired) electrons. The van der Waals surface area contributed by atoms with Crippen LogP contribution in [0.1, 0.15) is 19.0 Å². The number of nitrogens with zero attached hydrogens (tertiary/aromatic N) is 3. The zero-order chi connectivity index (χ0) is 12.3. The van der Waals surface area contributed by atoms with Gasteiger partial charge in [-0.2, -0.15) is 0 Å². The molecule has 0 amide bonds. The largest absolute Gasteiger partial charge is 0.379 e. The van der Waals surface area contributed by atoms with Crippen molar-refractivity contribution < 1.29 is 4.74 Å². The normalized spacial score (nSPS) is 25.0. The van der Waals surface area contributed by atoms with Gasteiger partial charge in [0.05, 0.1) is 11.8 Å². The number of hydrogen-bond acceptors (Lipinski definition) is 5. The molecule has 0 aliphatic carbocycles. The van der Waals surface area contributed by atoms with Crippen LogP contribution in [0.4, 0.5) is 5.82 Å². The first-order valence-corrected chi connectivity index (χ1v) is 6.04. The molecule has 5 heteroatoms. The molecule has 2 rings (SSSR count). The predicted octanol–water partition coefficient (Wildman–Crippen LogP) is 0.796. The molecular formula is C12H20N4O. The summed E-state index contributed by atoms with van der Waals surface area (Å²) in [5.41, 5.74) is 6.55. The number of ether oxygens (including phenoxy) is 1. The molecule has 1 saturated heterocycles. The second-order valence-corrected chi connectivity index (χ2v) is 4.52. The minimum absolute atomic E-state index is 0.261. The van der Waals surface area contributed by atoms with E-state index in [0.717, 1.165) is 31.0 Å². The minimum Gasteiger partial charge on any atom is -0.379 e. The Kier molecular flexibility index (Phi) is 3.91. The summed E-state index contributed by atoms with van der Waals surface area (Å²) in [5.74, 6) is 1.50. The standard InChI is InChI=1S/C12H20N4O/c1-9-3-6-16(8-11(9)17-2)12-10(7-13)14-4-5-15-12/h4-5,9,11H,3,6-8,13H2,1-2H3. The smallest absolute Gasteiger partial charge is 0.151 e. The first-order valence-electron chi connectivity index (χ1n) is 6.04. The number of anilines is 1. The highest BCUT2D eigenvalue weighted by Crippen LogP contribution is 2.24. The topological polar surface area (TPSA) is 64.3 Å². The molecule has 94 valence electrons. The van der Waals surface area contributed by atoms with Gasteiger partial charge >= 0.3 is 0 Å². The molecule has 1 aliphatic heterocycles. The van der Waals surface area contributed by atoms with Crippen LogP contribution in [0.15, 0.2) is 12.4 Å². The zero-order valence-corrected chi connectivity index (χ0v) is 10.5. The molecule has 1 aromatic rings. The van der Waals surface area contributed by atoms with E-state index in [9.17, 15) is 0 Å². The van der Waals surface area contributed by atoms with Crippen LogP contribution >= 0.6 is 0 Å². The highest BCUT2D eigenvalue weighted by atomic mass is 16.5. The zero-order valence-electron chi connectivity index (χ0n) is 10.5. The quantitative estimate of drug-likeness (QED) is 0.841. The first kappa shape index (κ1) is 12.3. The third-order valence-corrected chi connectivity index (χ3v) is 3.44. The Balaban J connectivity index is 2.17. The van der Waals surface area contributed by atoms with Crippen LogP contribution in [-0.4, -0.2) is 36.3 Å². The number of piperidine rings is 1. The summed E-state index contributed by atoms with van der Waals surface area (Å²) in [6.07, 6.45) is 4.77. The Morgan fingerprint density at radius 3 is 2.94 bits per heavy atom. The number of nitrogens with two attached hydrogens (primary N) is 1. The molecule has 17 heavy (non-hydrogen) atoms. The average Bonchev–Trinajstić information content (AvgIpc) is 2.39. The summed E-state index contributed by atoms with van der Waals surface area (Å²) in [6, 6.07) is 0. The van der Waals surface area contributed by atoms with Gasteiger partial charge in [0.25, 0.3) is 0 Å². The van der Waals surface area contributed by atoms with Gasteiger partial charge in [0.1, 0.15) is 0 Å². The molecule has 2 unspecified atom stereocenters. The molecular weight excluding hydrogens is 216 g/mol. The van der Waals surface area contributed by atoms with Crippen molar-refractivity contribution in [1.82, 2.24) is 9.97 Å². The fourth-order valence-corrected chi connectivity index (χ4v) is 2.30. The van der Waals surface area contributed by atoms with Crippen molar-refractivity contribution in [2.45, 2.75) is 26.0 Å². The summed E-state index contributed by atoms with van der Waals surface area (Å²) in [5, 5.41) is 0. The third kappa shape index (κ3) is 2.56. The summed E-state index contributed by atoms with van der Waals surface area (Å²) >= 11 is 0. The average molecular weight is 236 g/mol. The summed E-state index contributed by atoms with van der Waals surface area (Å²) in [7, 11) is 1.77. The molecule has 2 heterocycles. The molecule has 2 N–H and O–H groups in total. The van der Waals surface area contributed by atoms with Gasteiger partial charge in [-0.15, -0.1) is 0 Å². The van der Waals surface area contributed by atoms with E-state index in [-0.39, 0.29) is 6.10 Å². The number of aromatic nitrogens is 2. The van der Waals surface area contributed by atoms with E-state index in [1.807, 2.05) is 0 Å². The van der Waals surface area contributed by atoms with Crippen LogP contribution < -0.4 is 10.6 Å². The SMILES string of the molecule is COC1CN(c2nccnc2CN)CCC1C. The van der Waals surface area contributed by atoms with Gasteiger partial charge < -0.3 is 15.4 Å². The van der Waals surface area contributed by atoms with Gasteiger partial charge in [-0.3, -0.25) is 4.98 Å². The lowest BCUT2D eigenvalue weighted by atomic mass is 9.96. The maximum absolute atomic E-state index is 5.69. The van der Waals surface area contributed by atoms with Gasteiger partial charge in [0.2, 0.25) is 0 Å². The van der Waals surface area contributed by atoms with Crippen LogP contribution in [0.3, 0.4) is 0 Å². The number of methoxy groups -OCH3 is 1. The van der Waals surface area contributed by atoms with Crippen molar-refractivity contribution in [2.24, 2.45) is 11.7 Å². The first-order chi connectivity index (χ1) is 8.26. The fraction of sp³-hybridized carbons (Fsp3) is 0.667. The van der Waals surface area contributed by atoms with Crippen LogP contribution in [0.2, 0.25) is 0 Å². The predicted molar refractivity (Wildman–Crippen MR) is 66.7 cm³/mol. The van der Waals surface area contributed by atoms with E-state index in [2.05, 4.69) is 21.8 Å². The molecule has 0 saturated carbocycles. The highest BCUT2D eigenvalue weighted by Gasteiger charge is 2.27. The van der Waals surface area contributed by atoms with Crippen molar-refractivity contribution in [3.05, 3.63) is 18.1 Å². The van der Waals surface area contributed by atoms with Crippen LogP contribution in [0.5, 0.6) is 0 Å². The lowest BCUT2D eigenvalue weighted by molar-refractivity contribution is 0.0496. The van der Waals surface area contributed by atoms with Crippen LogP contribution in [0, 0.1) is 5.92 Å². The van der Waals surface area contributed by atoms with Crippen molar-refractivity contribution in [2.75, 3.05) is 25.1 Å². The number of hydrogen-bond donors (Lipinski definition) is 1. The van der Waals surface area contributed by atoms with Crippen molar-refractivity contribution in [1.29, 1.82) is 0 Å². The second kappa shape index (κ2) is 5.42. The molecule has 0 aromatic carbocycles. The van der Waals surface area contributed by atoms with Crippen LogP contribution in [-0.2, 0) is 11.3 Å². The monoisotopic (exact) mass is 236 g/mol. The Morgan fingerprint density at radius 1 is 1.47 bits per heavy atom. The Labute approximate surface area is 102 Å². The van der Waals surface area contributed by atoms with Gasteiger partial charge in [-0.1, -0.05) is 6.92 Å². The van der Waals surface area contributed by atoms with Crippen molar-refractivity contribution >= 4 is 5.82 Å². The minimum atomic E-state index is 0.261. The Hall–Kier alpha value is -1.20. The van der Waals surface area contributed by atoms with E-state index in [1.54, 1.807) is 19.5 Å². The molecule has 1 aliphatic rings. The second-order valence-electron chi connectivity index (χ2n) is 4.52. The summed E-state index contributed by atoms with van der Waals surface area (Å²) in [6.45, 7) is 4.51. The van der Waals surface area contributed by atoms with Crippen LogP contribution in [0.25, 0.3) is 0 Å². The Bertz CT molecular complexity index is 371. The van der Waals surface area contributed by atoms with Gasteiger partial charge in [-0.25, -0.2) is 4.98 Å². The van der Waals surface area contributed by atoms with Gasteiger partial charge in [0, 0.05) is 39.1 Å². The summed E-state index contributed by atoms with van der Waals surface area (Å²) in [4.78, 5) is 10.9. The van der Waals surface area contributed by atoms with E-state index in [1.165, 1.54) is 0 Å². The maximum Gasteiger partial charge on any atom is 0.151 e. The molecule has 5 nitrogen and oxygen atoms in total. The molecule has 2 atom stereocenters. The molecule has 1 fully saturated rings. The lowest BCUT2D eigenvalue weighted by Gasteiger charge is -2.37. The highest BCUT2D eigenvalue weighted by molar-refractivity contribution is 5.43.